The van der Waals surface area contributed by atoms with Crippen LogP contribution in [0.1, 0.15) is 61.3 Å². The predicted octanol–water partition coefficient (Wildman–Crippen LogP) is 4.65. The van der Waals surface area contributed by atoms with Gasteiger partial charge in [-0.1, -0.05) is 52.0 Å². The van der Waals surface area contributed by atoms with Crippen LogP contribution in [0.4, 0.5) is 0 Å². The van der Waals surface area contributed by atoms with Crippen molar-refractivity contribution in [1.29, 1.82) is 0 Å². The molecule has 1 aliphatic heterocycles. The maximum atomic E-state index is 13.2. The van der Waals surface area contributed by atoms with Gasteiger partial charge in [0.05, 0.1) is 0 Å². The first-order chi connectivity index (χ1) is 17.8. The maximum absolute atomic E-state index is 13.2. The monoisotopic (exact) mass is 531 g/mol. The minimum absolute atomic E-state index is 0.0284. The summed E-state index contributed by atoms with van der Waals surface area (Å²) in [5.41, 5.74) is 0. The molecule has 1 atom stereocenters. The number of amides is 2. The van der Waals surface area contributed by atoms with E-state index < -0.39 is 9.52 Å². The average molecular weight is 532 g/mol. The number of allylic oxidation sites excluding steroid dienone is 4. The van der Waals surface area contributed by atoms with Gasteiger partial charge in [-0.15, -0.1) is 0 Å². The van der Waals surface area contributed by atoms with E-state index >= 15 is 0 Å². The maximum Gasteiger partial charge on any atom is 0.233 e. The standard InChI is InChI=1S/C18H28N2O3S.C6H5N3.2C2H6/c1-5-8-17(9-6-7-12-19-15(2)21)24(4,23)18-10-13-20(14-11-18)16(3)22;1-2-7-6-8-3-5-9(6)4-1;2*1-2/h5-9,18H,4,10-14H2,1-3H3,(H,19,21);1-5H;2*1-2H3/b7-6+,8-5-,17-9+;;;. The van der Waals surface area contributed by atoms with Crippen molar-refractivity contribution < 1.29 is 13.8 Å². The van der Waals surface area contributed by atoms with E-state index in [0.29, 0.717) is 37.4 Å². The molecule has 9 heteroatoms. The smallest absolute Gasteiger partial charge is 0.233 e. The molecule has 37 heavy (non-hydrogen) atoms. The molecule has 3 rings (SSSR count). The number of nitrogens with zero attached hydrogens (tertiary/aromatic N) is 4. The Bertz CT molecular complexity index is 1100. The molecule has 1 fully saturated rings. The number of hydrogen-bond donors (Lipinski definition) is 1. The molecule has 3 heterocycles. The van der Waals surface area contributed by atoms with Gasteiger partial charge in [0.25, 0.3) is 0 Å². The minimum atomic E-state index is -2.44. The van der Waals surface area contributed by atoms with Crippen molar-refractivity contribution in [3.8, 4) is 0 Å². The molecule has 0 bridgehead atoms. The number of likely N-dealkylation sites (tertiary alicyclic amines) is 1. The number of piperidine rings is 1. The molecular weight excluding hydrogens is 486 g/mol. The number of fused-ring (bicyclic) bond motifs is 1. The van der Waals surface area contributed by atoms with E-state index in [4.69, 9.17) is 0 Å². The summed E-state index contributed by atoms with van der Waals surface area (Å²) in [5.74, 6) is 4.73. The van der Waals surface area contributed by atoms with E-state index in [2.05, 4.69) is 21.2 Å². The van der Waals surface area contributed by atoms with Crippen molar-refractivity contribution in [3.05, 3.63) is 66.1 Å². The fourth-order valence-corrected chi connectivity index (χ4v) is 5.42. The third kappa shape index (κ3) is 12.1. The topological polar surface area (TPSA) is 96.7 Å². The molecule has 2 amide bonds. The van der Waals surface area contributed by atoms with Crippen LogP contribution in [-0.4, -0.2) is 66.0 Å². The van der Waals surface area contributed by atoms with Crippen LogP contribution >= 0.6 is 0 Å². The molecule has 8 nitrogen and oxygen atoms in total. The molecule has 0 saturated carbocycles. The lowest BCUT2D eigenvalue weighted by atomic mass is 10.1. The van der Waals surface area contributed by atoms with E-state index in [-0.39, 0.29) is 17.1 Å². The lowest BCUT2D eigenvalue weighted by Gasteiger charge is -2.33. The molecule has 2 aromatic rings. The lowest BCUT2D eigenvalue weighted by molar-refractivity contribution is -0.129. The Morgan fingerprint density at radius 2 is 1.73 bits per heavy atom. The highest BCUT2D eigenvalue weighted by Gasteiger charge is 2.28. The zero-order valence-corrected chi connectivity index (χ0v) is 24.3. The fourth-order valence-electron chi connectivity index (χ4n) is 3.39. The van der Waals surface area contributed by atoms with Crippen molar-refractivity contribution in [3.63, 3.8) is 0 Å². The molecule has 1 aliphatic rings. The summed E-state index contributed by atoms with van der Waals surface area (Å²) >= 11 is 0. The second kappa shape index (κ2) is 19.0. The summed E-state index contributed by atoms with van der Waals surface area (Å²) in [4.78, 5) is 32.7. The van der Waals surface area contributed by atoms with Crippen LogP contribution in [0.25, 0.3) is 5.78 Å². The van der Waals surface area contributed by atoms with Gasteiger partial charge in [0.15, 0.2) is 0 Å². The number of imidazole rings is 1. The summed E-state index contributed by atoms with van der Waals surface area (Å²) in [6.07, 6.45) is 17.7. The van der Waals surface area contributed by atoms with Gasteiger partial charge in [0.1, 0.15) is 0 Å². The Kier molecular flexibility index (Phi) is 17.3. The van der Waals surface area contributed by atoms with Crippen molar-refractivity contribution in [2.24, 2.45) is 0 Å². The fraction of sp³-hybridized carbons (Fsp3) is 0.464. The van der Waals surface area contributed by atoms with Crippen LogP contribution in [0.5, 0.6) is 0 Å². The summed E-state index contributed by atoms with van der Waals surface area (Å²) < 4.78 is 15.1. The normalized spacial score (nSPS) is 15.5. The van der Waals surface area contributed by atoms with Crippen molar-refractivity contribution in [2.75, 3.05) is 19.6 Å². The molecule has 2 aromatic heterocycles. The average Bonchev–Trinajstić information content (AvgIpc) is 3.39. The van der Waals surface area contributed by atoms with Gasteiger partial charge in [-0.25, -0.2) is 9.97 Å². The highest BCUT2D eigenvalue weighted by Crippen LogP contribution is 2.24. The number of rotatable bonds is 6. The van der Waals surface area contributed by atoms with Crippen LogP contribution in [0.2, 0.25) is 0 Å². The van der Waals surface area contributed by atoms with Gasteiger partial charge in [-0.3, -0.25) is 18.2 Å². The van der Waals surface area contributed by atoms with E-state index in [0.717, 1.165) is 5.78 Å². The predicted molar refractivity (Wildman–Crippen MR) is 157 cm³/mol. The van der Waals surface area contributed by atoms with Gasteiger partial charge in [0.2, 0.25) is 17.6 Å². The summed E-state index contributed by atoms with van der Waals surface area (Å²) in [5, 5.41) is 2.64. The van der Waals surface area contributed by atoms with Crippen LogP contribution in [0, 0.1) is 0 Å². The zero-order valence-electron chi connectivity index (χ0n) is 23.5. The molecule has 1 unspecified atom stereocenters. The van der Waals surface area contributed by atoms with Crippen molar-refractivity contribution in [1.82, 2.24) is 24.6 Å². The molecule has 0 radical (unpaired) electrons. The molecule has 1 saturated heterocycles. The SMILES string of the molecule is C=S(=O)(C(/C=C\C)=C/C=C/CNC(C)=O)C1CCN(C(C)=O)CC1.CC.CC.c1cnc2nccn2c1. The van der Waals surface area contributed by atoms with E-state index in [9.17, 15) is 13.8 Å². The van der Waals surface area contributed by atoms with E-state index in [1.165, 1.54) is 6.92 Å². The second-order valence-corrected chi connectivity index (χ2v) is 10.2. The van der Waals surface area contributed by atoms with Gasteiger partial charge in [-0.2, -0.15) is 0 Å². The van der Waals surface area contributed by atoms with Crippen LogP contribution in [-0.2, 0) is 19.1 Å². The largest absolute Gasteiger partial charge is 0.353 e. The van der Waals surface area contributed by atoms with Gasteiger partial charge < -0.3 is 10.2 Å². The first kappa shape index (κ1) is 33.8. The number of nitrogens with one attached hydrogen (secondary N) is 1. The quantitative estimate of drug-likeness (QED) is 0.432. The first-order valence-electron chi connectivity index (χ1n) is 12.8. The highest BCUT2D eigenvalue weighted by molar-refractivity contribution is 8.04. The highest BCUT2D eigenvalue weighted by atomic mass is 32.2. The van der Waals surface area contributed by atoms with Gasteiger partial charge in [0, 0.05) is 68.4 Å². The minimum Gasteiger partial charge on any atom is -0.353 e. The van der Waals surface area contributed by atoms with Gasteiger partial charge >= 0.3 is 0 Å². The molecule has 0 spiro atoms. The molecule has 1 N–H and O–H groups in total. The Labute approximate surface area is 223 Å². The molecule has 0 aliphatic carbocycles. The van der Waals surface area contributed by atoms with Crippen LogP contribution < -0.4 is 5.32 Å². The number of carbonyl (C=O) groups excluding carboxylic acids is 2. The number of carbonyl (C=O) groups is 2. The third-order valence-corrected chi connectivity index (χ3v) is 7.81. The Balaban J connectivity index is 0.000000814. The van der Waals surface area contributed by atoms with Crippen LogP contribution in [0.15, 0.2) is 66.1 Å². The van der Waals surface area contributed by atoms with E-state index in [1.807, 2.05) is 69.6 Å². The van der Waals surface area contributed by atoms with Crippen LogP contribution in [0.3, 0.4) is 0 Å². The van der Waals surface area contributed by atoms with E-state index in [1.54, 1.807) is 42.4 Å². The Morgan fingerprint density at radius 3 is 2.27 bits per heavy atom. The second-order valence-electron chi connectivity index (χ2n) is 7.62. The first-order valence-corrected chi connectivity index (χ1v) is 14.6. The summed E-state index contributed by atoms with van der Waals surface area (Å²) in [6, 6.07) is 1.87. The van der Waals surface area contributed by atoms with Crippen molar-refractivity contribution in [2.45, 2.75) is 66.6 Å². The molecule has 206 valence electrons. The Hall–Kier alpha value is -3.20. The number of aromatic nitrogens is 3. The Morgan fingerprint density at radius 1 is 1.11 bits per heavy atom. The summed E-state index contributed by atoms with van der Waals surface area (Å²) in [7, 11) is -2.44. The molecule has 0 aromatic carbocycles. The lowest BCUT2D eigenvalue weighted by Crippen LogP contribution is -2.41. The zero-order chi connectivity index (χ0) is 28.3. The number of hydrogen-bond acceptors (Lipinski definition) is 5. The van der Waals surface area contributed by atoms with Gasteiger partial charge in [-0.05, 0) is 47.3 Å². The third-order valence-electron chi connectivity index (χ3n) is 5.19. The van der Waals surface area contributed by atoms with Crippen molar-refractivity contribution >= 4 is 33.0 Å². The molecular formula is C28H45N5O3S. The summed E-state index contributed by atoms with van der Waals surface area (Å²) in [6.45, 7) is 14.6.